The summed E-state index contributed by atoms with van der Waals surface area (Å²) >= 11 is 11.7. The van der Waals surface area contributed by atoms with Gasteiger partial charge in [-0.15, -0.1) is 11.6 Å². The first-order valence-electron chi connectivity index (χ1n) is 5.72. The molecule has 0 unspecified atom stereocenters. The van der Waals surface area contributed by atoms with Crippen LogP contribution in [0.4, 0.5) is 4.39 Å². The largest absolute Gasteiger partial charge is 0.326 e. The van der Waals surface area contributed by atoms with Gasteiger partial charge in [-0.25, -0.2) is 9.37 Å². The molecule has 0 spiro atoms. The van der Waals surface area contributed by atoms with Crippen LogP contribution in [0.25, 0.3) is 11.0 Å². The zero-order chi connectivity index (χ0) is 13.5. The van der Waals surface area contributed by atoms with Gasteiger partial charge < -0.3 is 4.57 Å². The first kappa shape index (κ1) is 13.6. The predicted octanol–water partition coefficient (Wildman–Crippen LogP) is 4.61. The van der Waals surface area contributed by atoms with Crippen molar-refractivity contribution in [3.8, 4) is 0 Å². The van der Waals surface area contributed by atoms with Gasteiger partial charge in [0.2, 0.25) is 0 Å². The average molecular weight is 289 g/mol. The molecule has 2 aromatic rings. The van der Waals surface area contributed by atoms with Crippen molar-refractivity contribution in [3.05, 3.63) is 28.8 Å². The Morgan fingerprint density at radius 2 is 2.00 bits per heavy atom. The van der Waals surface area contributed by atoms with Crippen LogP contribution >= 0.6 is 23.2 Å². The van der Waals surface area contributed by atoms with Gasteiger partial charge in [0.05, 0.1) is 21.9 Å². The number of halogens is 3. The van der Waals surface area contributed by atoms with Crippen molar-refractivity contribution < 1.29 is 4.39 Å². The lowest BCUT2D eigenvalue weighted by atomic mass is 9.97. The molecule has 0 amide bonds. The van der Waals surface area contributed by atoms with Crippen LogP contribution in [0.5, 0.6) is 0 Å². The van der Waals surface area contributed by atoms with Gasteiger partial charge in [0.15, 0.2) is 0 Å². The second-order valence-electron chi connectivity index (χ2n) is 5.56. The number of alkyl halides is 1. The molecule has 0 radical (unpaired) electrons. The molecule has 0 N–H and O–H groups in total. The summed E-state index contributed by atoms with van der Waals surface area (Å²) in [4.78, 5) is 4.40. The first-order chi connectivity index (χ1) is 8.31. The van der Waals surface area contributed by atoms with Crippen LogP contribution in [0.15, 0.2) is 12.1 Å². The monoisotopic (exact) mass is 288 g/mol. The van der Waals surface area contributed by atoms with Crippen LogP contribution in [-0.4, -0.2) is 9.55 Å². The number of imidazole rings is 1. The van der Waals surface area contributed by atoms with Crippen molar-refractivity contribution in [2.24, 2.45) is 5.41 Å². The number of aromatic nitrogens is 2. The molecule has 98 valence electrons. The third-order valence-corrected chi connectivity index (χ3v) is 3.15. The molecule has 0 saturated heterocycles. The van der Waals surface area contributed by atoms with E-state index in [1.165, 1.54) is 6.07 Å². The van der Waals surface area contributed by atoms with Crippen molar-refractivity contribution in [1.29, 1.82) is 0 Å². The van der Waals surface area contributed by atoms with Gasteiger partial charge >= 0.3 is 0 Å². The molecule has 0 aliphatic heterocycles. The normalized spacial score (nSPS) is 12.3. The quantitative estimate of drug-likeness (QED) is 0.738. The molecule has 1 heterocycles. The van der Waals surface area contributed by atoms with Crippen LogP contribution in [-0.2, 0) is 12.4 Å². The predicted molar refractivity (Wildman–Crippen MR) is 73.7 cm³/mol. The van der Waals surface area contributed by atoms with Crippen molar-refractivity contribution in [3.63, 3.8) is 0 Å². The van der Waals surface area contributed by atoms with Gasteiger partial charge in [0, 0.05) is 12.6 Å². The van der Waals surface area contributed by atoms with Gasteiger partial charge in [-0.1, -0.05) is 32.4 Å². The fourth-order valence-electron chi connectivity index (χ4n) is 1.92. The van der Waals surface area contributed by atoms with Crippen molar-refractivity contribution in [2.45, 2.75) is 33.2 Å². The Labute approximate surface area is 116 Å². The zero-order valence-electron chi connectivity index (χ0n) is 10.6. The minimum atomic E-state index is -0.430. The smallest absolute Gasteiger partial charge is 0.144 e. The lowest BCUT2D eigenvalue weighted by molar-refractivity contribution is 0.344. The van der Waals surface area contributed by atoms with E-state index in [0.29, 0.717) is 11.4 Å². The highest BCUT2D eigenvalue weighted by molar-refractivity contribution is 6.31. The molecule has 0 fully saturated rings. The average Bonchev–Trinajstić information content (AvgIpc) is 2.55. The van der Waals surface area contributed by atoms with Crippen LogP contribution in [0.3, 0.4) is 0 Å². The van der Waals surface area contributed by atoms with E-state index in [1.54, 1.807) is 6.07 Å². The van der Waals surface area contributed by atoms with Gasteiger partial charge in [-0.3, -0.25) is 0 Å². The Hall–Kier alpha value is -0.800. The minimum absolute atomic E-state index is 0.0601. The summed E-state index contributed by atoms with van der Waals surface area (Å²) in [6.07, 6.45) is 0. The second-order valence-corrected chi connectivity index (χ2v) is 6.24. The molecule has 1 aromatic carbocycles. The lowest BCUT2D eigenvalue weighted by Gasteiger charge is -2.20. The standard InChI is InChI=1S/C13H15Cl2FN2/c1-13(2,3)7-18-11-5-9(16)8(15)4-10(11)17-12(18)6-14/h4-5H,6-7H2,1-3H3. The first-order valence-corrected chi connectivity index (χ1v) is 6.63. The van der Waals surface area contributed by atoms with Crippen LogP contribution < -0.4 is 0 Å². The fourth-order valence-corrected chi connectivity index (χ4v) is 2.28. The summed E-state index contributed by atoms with van der Waals surface area (Å²) in [5.41, 5.74) is 1.48. The lowest BCUT2D eigenvalue weighted by Crippen LogP contribution is -2.17. The highest BCUT2D eigenvalue weighted by Crippen LogP contribution is 2.27. The van der Waals surface area contributed by atoms with Gasteiger partial charge in [-0.2, -0.15) is 0 Å². The molecule has 1 aromatic heterocycles. The van der Waals surface area contributed by atoms with E-state index in [9.17, 15) is 4.39 Å². The Morgan fingerprint density at radius 3 is 2.56 bits per heavy atom. The summed E-state index contributed by atoms with van der Waals surface area (Å²) in [7, 11) is 0. The van der Waals surface area contributed by atoms with Gasteiger partial charge in [-0.05, 0) is 11.5 Å². The maximum Gasteiger partial charge on any atom is 0.144 e. The van der Waals surface area contributed by atoms with Gasteiger partial charge in [0.1, 0.15) is 11.6 Å². The minimum Gasteiger partial charge on any atom is -0.326 e. The molecule has 18 heavy (non-hydrogen) atoms. The topological polar surface area (TPSA) is 17.8 Å². The number of hydrogen-bond acceptors (Lipinski definition) is 1. The Kier molecular flexibility index (Phi) is 3.56. The summed E-state index contributed by atoms with van der Waals surface area (Å²) in [6.45, 7) is 7.07. The molecule has 0 bridgehead atoms. The zero-order valence-corrected chi connectivity index (χ0v) is 12.1. The molecule has 5 heteroatoms. The summed E-state index contributed by atoms with van der Waals surface area (Å²) in [5, 5.41) is 0.0871. The molecule has 2 nitrogen and oxygen atoms in total. The van der Waals surface area contributed by atoms with E-state index in [2.05, 4.69) is 25.8 Å². The van der Waals surface area contributed by atoms with E-state index in [0.717, 1.165) is 17.9 Å². The number of rotatable bonds is 2. The molecule has 0 saturated carbocycles. The molecule has 0 atom stereocenters. The Balaban J connectivity index is 2.65. The van der Waals surface area contributed by atoms with Crippen molar-refractivity contribution in [2.75, 3.05) is 0 Å². The molecule has 2 rings (SSSR count). The van der Waals surface area contributed by atoms with Gasteiger partial charge in [0.25, 0.3) is 0 Å². The van der Waals surface area contributed by atoms with Crippen LogP contribution in [0.1, 0.15) is 26.6 Å². The summed E-state index contributed by atoms with van der Waals surface area (Å²) in [6, 6.07) is 2.97. The van der Waals surface area contributed by atoms with E-state index in [4.69, 9.17) is 23.2 Å². The van der Waals surface area contributed by atoms with Crippen molar-refractivity contribution >= 4 is 34.2 Å². The number of fused-ring (bicyclic) bond motifs is 1. The fraction of sp³-hybridized carbons (Fsp3) is 0.462. The Morgan fingerprint density at radius 1 is 1.33 bits per heavy atom. The SMILES string of the molecule is CC(C)(C)Cn1c(CCl)nc2cc(Cl)c(F)cc21. The third-order valence-electron chi connectivity index (χ3n) is 2.62. The van der Waals surface area contributed by atoms with E-state index in [1.807, 2.05) is 4.57 Å². The van der Waals surface area contributed by atoms with E-state index < -0.39 is 5.82 Å². The highest BCUT2D eigenvalue weighted by Gasteiger charge is 2.18. The highest BCUT2D eigenvalue weighted by atomic mass is 35.5. The number of benzene rings is 1. The summed E-state index contributed by atoms with van der Waals surface area (Å²) in [5.74, 6) is 0.605. The third kappa shape index (κ3) is 2.62. The molecular weight excluding hydrogens is 274 g/mol. The maximum atomic E-state index is 13.6. The molecule has 0 aliphatic rings. The molecular formula is C13H15Cl2FN2. The van der Waals surface area contributed by atoms with E-state index in [-0.39, 0.29) is 10.4 Å². The number of hydrogen-bond donors (Lipinski definition) is 0. The van der Waals surface area contributed by atoms with Crippen LogP contribution in [0.2, 0.25) is 5.02 Å². The summed E-state index contributed by atoms with van der Waals surface area (Å²) < 4.78 is 15.5. The van der Waals surface area contributed by atoms with E-state index >= 15 is 0 Å². The number of nitrogens with zero attached hydrogens (tertiary/aromatic N) is 2. The Bertz CT molecular complexity index is 585. The molecule has 0 aliphatic carbocycles. The second kappa shape index (κ2) is 4.71. The maximum absolute atomic E-state index is 13.6. The van der Waals surface area contributed by atoms with Crippen LogP contribution in [0, 0.1) is 11.2 Å². The van der Waals surface area contributed by atoms with Crippen molar-refractivity contribution in [1.82, 2.24) is 9.55 Å².